The van der Waals surface area contributed by atoms with Gasteiger partial charge in [-0.1, -0.05) is 6.92 Å². The Kier molecular flexibility index (Phi) is 2.41. The SMILES string of the molecule is CC1CC(N)c2cc(F)ccc2S1=O. The molecule has 0 aromatic heterocycles. The van der Waals surface area contributed by atoms with Crippen molar-refractivity contribution in [2.24, 2.45) is 5.73 Å². The van der Waals surface area contributed by atoms with Gasteiger partial charge in [0, 0.05) is 16.2 Å². The molecule has 14 heavy (non-hydrogen) atoms. The van der Waals surface area contributed by atoms with Crippen LogP contribution in [0.4, 0.5) is 4.39 Å². The van der Waals surface area contributed by atoms with E-state index in [0.29, 0.717) is 16.9 Å². The minimum Gasteiger partial charge on any atom is -0.324 e. The van der Waals surface area contributed by atoms with Crippen LogP contribution in [0.1, 0.15) is 24.9 Å². The maximum Gasteiger partial charge on any atom is 0.123 e. The van der Waals surface area contributed by atoms with Gasteiger partial charge in [-0.05, 0) is 30.2 Å². The predicted molar refractivity (Wildman–Crippen MR) is 53.8 cm³/mol. The van der Waals surface area contributed by atoms with Gasteiger partial charge in [0.2, 0.25) is 0 Å². The fourth-order valence-corrected chi connectivity index (χ4v) is 3.24. The minimum atomic E-state index is -1.04. The molecule has 2 N–H and O–H groups in total. The fraction of sp³-hybridized carbons (Fsp3) is 0.400. The summed E-state index contributed by atoms with van der Waals surface area (Å²) >= 11 is 0. The van der Waals surface area contributed by atoms with Crippen molar-refractivity contribution in [3.63, 3.8) is 0 Å². The van der Waals surface area contributed by atoms with Crippen molar-refractivity contribution in [2.45, 2.75) is 29.5 Å². The molecule has 1 heterocycles. The van der Waals surface area contributed by atoms with Crippen molar-refractivity contribution in [1.29, 1.82) is 0 Å². The zero-order valence-corrected chi connectivity index (χ0v) is 8.68. The third-order valence-corrected chi connectivity index (χ3v) is 4.27. The molecular weight excluding hydrogens is 201 g/mol. The zero-order chi connectivity index (χ0) is 10.3. The highest BCUT2D eigenvalue weighted by atomic mass is 32.2. The highest BCUT2D eigenvalue weighted by Crippen LogP contribution is 2.32. The van der Waals surface area contributed by atoms with E-state index in [1.165, 1.54) is 12.1 Å². The van der Waals surface area contributed by atoms with Crippen LogP contribution in [0.2, 0.25) is 0 Å². The molecule has 1 aromatic rings. The molecule has 0 amide bonds. The minimum absolute atomic E-state index is 0.0583. The normalized spacial score (nSPS) is 31.2. The summed E-state index contributed by atoms with van der Waals surface area (Å²) in [6.45, 7) is 1.91. The first kappa shape index (κ1) is 9.80. The number of benzene rings is 1. The first-order valence-electron chi connectivity index (χ1n) is 4.55. The molecule has 1 aromatic carbocycles. The lowest BCUT2D eigenvalue weighted by Crippen LogP contribution is -2.27. The van der Waals surface area contributed by atoms with E-state index >= 15 is 0 Å². The molecule has 4 heteroatoms. The summed E-state index contributed by atoms with van der Waals surface area (Å²) in [5.74, 6) is -0.314. The summed E-state index contributed by atoms with van der Waals surface area (Å²) in [4.78, 5) is 0.692. The van der Waals surface area contributed by atoms with E-state index in [2.05, 4.69) is 0 Å². The van der Waals surface area contributed by atoms with Gasteiger partial charge in [-0.15, -0.1) is 0 Å². The Morgan fingerprint density at radius 3 is 3.00 bits per heavy atom. The Labute approximate surface area is 84.8 Å². The zero-order valence-electron chi connectivity index (χ0n) is 7.87. The van der Waals surface area contributed by atoms with E-state index in [1.54, 1.807) is 6.07 Å². The van der Waals surface area contributed by atoms with Crippen LogP contribution >= 0.6 is 0 Å². The molecule has 1 aliphatic heterocycles. The van der Waals surface area contributed by atoms with Crippen molar-refractivity contribution in [1.82, 2.24) is 0 Å². The number of rotatable bonds is 0. The average molecular weight is 213 g/mol. The number of nitrogens with two attached hydrogens (primary N) is 1. The van der Waals surface area contributed by atoms with E-state index < -0.39 is 10.8 Å². The lowest BCUT2D eigenvalue weighted by Gasteiger charge is -2.26. The van der Waals surface area contributed by atoms with E-state index in [-0.39, 0.29) is 17.1 Å². The maximum absolute atomic E-state index is 12.9. The van der Waals surface area contributed by atoms with Gasteiger partial charge in [-0.3, -0.25) is 4.21 Å². The molecule has 1 aliphatic rings. The third kappa shape index (κ3) is 1.48. The molecule has 0 saturated carbocycles. The van der Waals surface area contributed by atoms with Gasteiger partial charge in [0.15, 0.2) is 0 Å². The lowest BCUT2D eigenvalue weighted by molar-refractivity contribution is 0.576. The first-order valence-corrected chi connectivity index (χ1v) is 5.76. The number of hydrogen-bond acceptors (Lipinski definition) is 2. The van der Waals surface area contributed by atoms with Crippen molar-refractivity contribution >= 4 is 10.8 Å². The number of fused-ring (bicyclic) bond motifs is 1. The second-order valence-corrected chi connectivity index (χ2v) is 5.47. The highest BCUT2D eigenvalue weighted by Gasteiger charge is 2.28. The third-order valence-electron chi connectivity index (χ3n) is 2.54. The summed E-state index contributed by atoms with van der Waals surface area (Å²) in [6.07, 6.45) is 0.656. The van der Waals surface area contributed by atoms with Crippen LogP contribution in [0, 0.1) is 5.82 Å². The largest absolute Gasteiger partial charge is 0.324 e. The van der Waals surface area contributed by atoms with Gasteiger partial charge in [-0.2, -0.15) is 0 Å². The average Bonchev–Trinajstić information content (AvgIpc) is 2.14. The highest BCUT2D eigenvalue weighted by molar-refractivity contribution is 7.85. The standard InChI is InChI=1S/C10H12FNOS/c1-6-4-9(12)8-5-7(11)2-3-10(8)14(6)13/h2-3,5-6,9H,4,12H2,1H3. The molecule has 3 atom stereocenters. The Morgan fingerprint density at radius 2 is 2.29 bits per heavy atom. The summed E-state index contributed by atoms with van der Waals surface area (Å²) < 4.78 is 24.7. The summed E-state index contributed by atoms with van der Waals surface area (Å²) in [5.41, 5.74) is 6.56. The van der Waals surface area contributed by atoms with Crippen LogP contribution in [-0.2, 0) is 10.8 Å². The van der Waals surface area contributed by atoms with Crippen LogP contribution in [0.3, 0.4) is 0 Å². The maximum atomic E-state index is 12.9. The van der Waals surface area contributed by atoms with Gasteiger partial charge < -0.3 is 5.73 Å². The van der Waals surface area contributed by atoms with Gasteiger partial charge in [0.25, 0.3) is 0 Å². The Morgan fingerprint density at radius 1 is 1.57 bits per heavy atom. The van der Waals surface area contributed by atoms with Crippen molar-refractivity contribution < 1.29 is 8.60 Å². The van der Waals surface area contributed by atoms with Crippen molar-refractivity contribution in [3.05, 3.63) is 29.6 Å². The summed E-state index contributed by atoms with van der Waals surface area (Å²) in [5, 5.41) is 0.0583. The summed E-state index contributed by atoms with van der Waals surface area (Å²) in [6, 6.07) is 4.12. The van der Waals surface area contributed by atoms with E-state index in [1.807, 2.05) is 6.92 Å². The van der Waals surface area contributed by atoms with Crippen molar-refractivity contribution in [3.8, 4) is 0 Å². The molecule has 0 aliphatic carbocycles. The van der Waals surface area contributed by atoms with Crippen LogP contribution in [0.5, 0.6) is 0 Å². The molecular formula is C10H12FNOS. The van der Waals surface area contributed by atoms with Crippen LogP contribution < -0.4 is 5.73 Å². The molecule has 0 saturated heterocycles. The Balaban J connectivity index is 2.56. The molecule has 0 spiro atoms. The fourth-order valence-electron chi connectivity index (χ4n) is 1.78. The van der Waals surface area contributed by atoms with Gasteiger partial charge in [-0.25, -0.2) is 4.39 Å². The molecule has 0 bridgehead atoms. The van der Waals surface area contributed by atoms with Crippen LogP contribution in [0.15, 0.2) is 23.1 Å². The van der Waals surface area contributed by atoms with Crippen LogP contribution in [0.25, 0.3) is 0 Å². The molecule has 2 rings (SSSR count). The summed E-state index contributed by atoms with van der Waals surface area (Å²) in [7, 11) is -1.04. The monoisotopic (exact) mass is 213 g/mol. The van der Waals surface area contributed by atoms with Gasteiger partial charge in [0.05, 0.1) is 10.8 Å². The van der Waals surface area contributed by atoms with E-state index in [4.69, 9.17) is 5.73 Å². The molecule has 3 unspecified atom stereocenters. The second kappa shape index (κ2) is 3.44. The second-order valence-electron chi connectivity index (χ2n) is 3.63. The Bertz CT molecular complexity index is 394. The van der Waals surface area contributed by atoms with E-state index in [9.17, 15) is 8.60 Å². The number of halogens is 1. The smallest absolute Gasteiger partial charge is 0.123 e. The topological polar surface area (TPSA) is 43.1 Å². The lowest BCUT2D eigenvalue weighted by atomic mass is 10.0. The van der Waals surface area contributed by atoms with Gasteiger partial charge in [0.1, 0.15) is 5.82 Å². The molecule has 76 valence electrons. The molecule has 0 fully saturated rings. The van der Waals surface area contributed by atoms with E-state index in [0.717, 1.165) is 0 Å². The quantitative estimate of drug-likeness (QED) is 0.713. The number of hydrogen-bond donors (Lipinski definition) is 1. The molecule has 2 nitrogen and oxygen atoms in total. The Hall–Kier alpha value is -0.740. The van der Waals surface area contributed by atoms with Gasteiger partial charge >= 0.3 is 0 Å². The predicted octanol–water partition coefficient (Wildman–Crippen LogP) is 1.73. The van der Waals surface area contributed by atoms with Crippen LogP contribution in [-0.4, -0.2) is 9.46 Å². The molecule has 0 radical (unpaired) electrons. The van der Waals surface area contributed by atoms with Crippen molar-refractivity contribution in [2.75, 3.05) is 0 Å². The first-order chi connectivity index (χ1) is 6.59.